The summed E-state index contributed by atoms with van der Waals surface area (Å²) in [5.41, 5.74) is -0.0529. The third-order valence-electron chi connectivity index (χ3n) is 6.52. The molecule has 0 aromatic carbocycles. The summed E-state index contributed by atoms with van der Waals surface area (Å²) in [6, 6.07) is 0. The lowest BCUT2D eigenvalue weighted by atomic mass is 9.66. The number of hydrogen-bond donors (Lipinski definition) is 0. The van der Waals surface area contributed by atoms with Crippen molar-refractivity contribution in [2.75, 3.05) is 6.54 Å². The minimum atomic E-state index is -0.189. The smallest absolute Gasteiger partial charge is 0.234 e. The molecule has 2 bridgehead atoms. The minimum Gasteiger partial charge on any atom is -0.354 e. The lowest BCUT2D eigenvalue weighted by molar-refractivity contribution is -0.219. The molecule has 0 aromatic heterocycles. The van der Waals surface area contributed by atoms with Crippen molar-refractivity contribution in [1.82, 2.24) is 4.90 Å². The SMILES string of the molecule is CC1(C)C2CCC13C(=O)N1CCCC[C@@H]1O[C@@H]3C2. The van der Waals surface area contributed by atoms with Gasteiger partial charge >= 0.3 is 0 Å². The van der Waals surface area contributed by atoms with Crippen molar-refractivity contribution < 1.29 is 9.53 Å². The molecule has 2 aliphatic carbocycles. The van der Waals surface area contributed by atoms with Crippen LogP contribution in [0.4, 0.5) is 0 Å². The zero-order chi connectivity index (χ0) is 12.5. The molecule has 1 amide bonds. The van der Waals surface area contributed by atoms with Crippen LogP contribution in [0.25, 0.3) is 0 Å². The Kier molecular flexibility index (Phi) is 2.07. The number of carbonyl (C=O) groups is 1. The van der Waals surface area contributed by atoms with Crippen LogP contribution in [-0.4, -0.2) is 29.7 Å². The van der Waals surface area contributed by atoms with E-state index in [1.54, 1.807) is 0 Å². The Morgan fingerprint density at radius 3 is 2.89 bits per heavy atom. The number of amides is 1. The van der Waals surface area contributed by atoms with Gasteiger partial charge in [0.1, 0.15) is 6.23 Å². The molecular weight excluding hydrogens is 226 g/mol. The second-order valence-corrected chi connectivity index (χ2v) is 7.24. The van der Waals surface area contributed by atoms with Gasteiger partial charge in [-0.25, -0.2) is 0 Å². The van der Waals surface area contributed by atoms with Gasteiger partial charge in [-0.3, -0.25) is 4.79 Å². The lowest BCUT2D eigenvalue weighted by Gasteiger charge is -2.52. The molecule has 4 atom stereocenters. The Bertz CT molecular complexity index is 405. The van der Waals surface area contributed by atoms with Gasteiger partial charge in [-0.05, 0) is 49.9 Å². The Morgan fingerprint density at radius 2 is 2.11 bits per heavy atom. The predicted molar refractivity (Wildman–Crippen MR) is 67.8 cm³/mol. The van der Waals surface area contributed by atoms with E-state index < -0.39 is 0 Å². The summed E-state index contributed by atoms with van der Waals surface area (Å²) < 4.78 is 6.35. The van der Waals surface area contributed by atoms with E-state index in [9.17, 15) is 4.79 Å². The van der Waals surface area contributed by atoms with Gasteiger partial charge in [0.05, 0.1) is 11.5 Å². The number of rotatable bonds is 0. The van der Waals surface area contributed by atoms with Gasteiger partial charge in [0.15, 0.2) is 0 Å². The van der Waals surface area contributed by atoms with Crippen LogP contribution in [-0.2, 0) is 9.53 Å². The van der Waals surface area contributed by atoms with Crippen LogP contribution in [0, 0.1) is 16.7 Å². The van der Waals surface area contributed by atoms with Crippen molar-refractivity contribution >= 4 is 5.91 Å². The van der Waals surface area contributed by atoms with Gasteiger partial charge in [-0.1, -0.05) is 13.8 Å². The van der Waals surface area contributed by atoms with E-state index in [-0.39, 0.29) is 23.2 Å². The van der Waals surface area contributed by atoms with E-state index in [4.69, 9.17) is 4.74 Å². The number of fused-ring (bicyclic) bond motifs is 2. The van der Waals surface area contributed by atoms with E-state index in [1.165, 1.54) is 12.8 Å². The predicted octanol–water partition coefficient (Wildman–Crippen LogP) is 2.55. The van der Waals surface area contributed by atoms with Crippen LogP contribution < -0.4 is 0 Å². The van der Waals surface area contributed by atoms with Crippen LogP contribution in [0.1, 0.15) is 52.4 Å². The summed E-state index contributed by atoms with van der Waals surface area (Å²) in [5, 5.41) is 0. The second kappa shape index (κ2) is 3.30. The maximum atomic E-state index is 13.1. The Hall–Kier alpha value is -0.570. The summed E-state index contributed by atoms with van der Waals surface area (Å²) >= 11 is 0. The summed E-state index contributed by atoms with van der Waals surface area (Å²) in [6.07, 6.45) is 7.09. The quantitative estimate of drug-likeness (QED) is 0.660. The third-order valence-corrected chi connectivity index (χ3v) is 6.52. The standard InChI is InChI=1S/C15H23NO2/c1-14(2)10-6-7-15(14)11(9-10)18-12-5-3-4-8-16(12)13(15)17/h10-12H,3-9H2,1-2H3/t10?,11-,12+,15?/m1/s1. The fourth-order valence-corrected chi connectivity index (χ4v) is 5.31. The van der Waals surface area contributed by atoms with Crippen molar-refractivity contribution in [3.05, 3.63) is 0 Å². The molecule has 100 valence electrons. The zero-order valence-electron chi connectivity index (χ0n) is 11.4. The number of ether oxygens (including phenoxy) is 1. The van der Waals surface area contributed by atoms with E-state index in [1.807, 2.05) is 0 Å². The molecule has 0 radical (unpaired) electrons. The van der Waals surface area contributed by atoms with E-state index in [2.05, 4.69) is 18.7 Å². The second-order valence-electron chi connectivity index (χ2n) is 7.24. The third kappa shape index (κ3) is 1.05. The summed E-state index contributed by atoms with van der Waals surface area (Å²) in [7, 11) is 0. The molecule has 2 saturated heterocycles. The molecule has 2 saturated carbocycles. The van der Waals surface area contributed by atoms with Crippen molar-refractivity contribution in [3.8, 4) is 0 Å². The fourth-order valence-electron chi connectivity index (χ4n) is 5.31. The van der Waals surface area contributed by atoms with Crippen molar-refractivity contribution in [1.29, 1.82) is 0 Å². The largest absolute Gasteiger partial charge is 0.354 e. The average molecular weight is 249 g/mol. The number of piperidine rings is 1. The Balaban J connectivity index is 1.77. The summed E-state index contributed by atoms with van der Waals surface area (Å²) in [5.74, 6) is 1.11. The van der Waals surface area contributed by atoms with Crippen molar-refractivity contribution in [2.45, 2.75) is 64.7 Å². The van der Waals surface area contributed by atoms with Gasteiger partial charge in [0.2, 0.25) is 5.91 Å². The maximum absolute atomic E-state index is 13.1. The van der Waals surface area contributed by atoms with E-state index in [0.717, 1.165) is 32.2 Å². The molecule has 0 N–H and O–H groups in total. The first kappa shape index (κ1) is 11.3. The Morgan fingerprint density at radius 1 is 1.28 bits per heavy atom. The van der Waals surface area contributed by atoms with Crippen molar-refractivity contribution in [3.63, 3.8) is 0 Å². The molecule has 1 spiro atoms. The topological polar surface area (TPSA) is 29.5 Å². The lowest BCUT2D eigenvalue weighted by Crippen LogP contribution is -2.63. The highest BCUT2D eigenvalue weighted by atomic mass is 16.5. The molecule has 3 nitrogen and oxygen atoms in total. The molecule has 4 rings (SSSR count). The molecule has 3 heteroatoms. The highest BCUT2D eigenvalue weighted by molar-refractivity contribution is 5.86. The van der Waals surface area contributed by atoms with Crippen LogP contribution >= 0.6 is 0 Å². The number of nitrogens with zero attached hydrogens (tertiary/aromatic N) is 1. The van der Waals surface area contributed by atoms with E-state index in [0.29, 0.717) is 11.8 Å². The van der Waals surface area contributed by atoms with Gasteiger partial charge < -0.3 is 9.64 Å². The minimum absolute atomic E-state index is 0.0945. The first-order valence-electron chi connectivity index (χ1n) is 7.54. The molecule has 2 aliphatic heterocycles. The van der Waals surface area contributed by atoms with Crippen molar-refractivity contribution in [2.24, 2.45) is 16.7 Å². The molecule has 2 unspecified atom stereocenters. The van der Waals surface area contributed by atoms with Gasteiger partial charge in [-0.15, -0.1) is 0 Å². The van der Waals surface area contributed by atoms with Gasteiger partial charge in [0, 0.05) is 6.54 Å². The zero-order valence-corrected chi connectivity index (χ0v) is 11.4. The monoisotopic (exact) mass is 249 g/mol. The molecule has 0 aromatic rings. The van der Waals surface area contributed by atoms with Gasteiger partial charge in [-0.2, -0.15) is 0 Å². The number of hydrogen-bond acceptors (Lipinski definition) is 2. The Labute approximate surface area is 109 Å². The fraction of sp³-hybridized carbons (Fsp3) is 0.933. The number of carbonyl (C=O) groups excluding carboxylic acids is 1. The highest BCUT2D eigenvalue weighted by Crippen LogP contribution is 2.68. The first-order chi connectivity index (χ1) is 8.57. The highest BCUT2D eigenvalue weighted by Gasteiger charge is 2.71. The van der Waals surface area contributed by atoms with Crippen LogP contribution in [0.2, 0.25) is 0 Å². The van der Waals surface area contributed by atoms with Crippen LogP contribution in [0.15, 0.2) is 0 Å². The van der Waals surface area contributed by atoms with E-state index >= 15 is 0 Å². The van der Waals surface area contributed by atoms with Gasteiger partial charge in [0.25, 0.3) is 0 Å². The molecule has 2 heterocycles. The first-order valence-corrected chi connectivity index (χ1v) is 7.54. The molecule has 4 fully saturated rings. The average Bonchev–Trinajstić information content (AvgIpc) is 2.74. The molecular formula is C15H23NO2. The van der Waals surface area contributed by atoms with Crippen LogP contribution in [0.3, 0.4) is 0 Å². The van der Waals surface area contributed by atoms with Crippen LogP contribution in [0.5, 0.6) is 0 Å². The summed E-state index contributed by atoms with van der Waals surface area (Å²) in [4.78, 5) is 15.1. The molecule has 4 aliphatic rings. The molecule has 18 heavy (non-hydrogen) atoms. The maximum Gasteiger partial charge on any atom is 0.234 e. The normalized spacial score (nSPS) is 49.1. The summed E-state index contributed by atoms with van der Waals surface area (Å²) in [6.45, 7) is 5.52.